The minimum atomic E-state index is 0.0988. The molecule has 2 aromatic heterocycles. The van der Waals surface area contributed by atoms with Crippen molar-refractivity contribution in [2.75, 3.05) is 6.54 Å². The fraction of sp³-hybridized carbons (Fsp3) is 0.273. The maximum atomic E-state index is 5.76. The highest BCUT2D eigenvalue weighted by Gasteiger charge is 2.11. The number of aromatic nitrogens is 3. The summed E-state index contributed by atoms with van der Waals surface area (Å²) in [5, 5.41) is 4.37. The maximum absolute atomic E-state index is 5.76. The van der Waals surface area contributed by atoms with Gasteiger partial charge in [0.25, 0.3) is 0 Å². The molecule has 0 saturated carbocycles. The van der Waals surface area contributed by atoms with Crippen LogP contribution in [0.25, 0.3) is 0 Å². The van der Waals surface area contributed by atoms with E-state index in [1.54, 1.807) is 12.4 Å². The Kier molecular flexibility index (Phi) is 2.78. The molecule has 0 fully saturated rings. The molecule has 0 aliphatic carbocycles. The molecule has 2 heterocycles. The van der Waals surface area contributed by atoms with Gasteiger partial charge < -0.3 is 5.73 Å². The predicted molar refractivity (Wildman–Crippen MR) is 58.4 cm³/mol. The van der Waals surface area contributed by atoms with Crippen molar-refractivity contribution in [3.05, 3.63) is 48.0 Å². The molecule has 0 aliphatic heterocycles. The summed E-state index contributed by atoms with van der Waals surface area (Å²) in [6.45, 7) is 2.50. The van der Waals surface area contributed by atoms with E-state index in [4.69, 9.17) is 5.73 Å². The van der Waals surface area contributed by atoms with Gasteiger partial charge in [-0.25, -0.2) is 0 Å². The van der Waals surface area contributed by atoms with Gasteiger partial charge in [0.2, 0.25) is 0 Å². The Hall–Kier alpha value is -1.68. The molecule has 0 radical (unpaired) electrons. The Labute approximate surface area is 88.8 Å². The van der Waals surface area contributed by atoms with Gasteiger partial charge in [-0.3, -0.25) is 9.67 Å². The second-order valence-corrected chi connectivity index (χ2v) is 3.47. The van der Waals surface area contributed by atoms with Gasteiger partial charge in [-0.15, -0.1) is 0 Å². The second-order valence-electron chi connectivity index (χ2n) is 3.47. The third kappa shape index (κ3) is 2.05. The highest BCUT2D eigenvalue weighted by Crippen LogP contribution is 2.15. The molecule has 0 bridgehead atoms. The quantitative estimate of drug-likeness (QED) is 0.811. The lowest BCUT2D eigenvalue weighted by molar-refractivity contribution is 0.528. The molecule has 0 aromatic carbocycles. The third-order valence-electron chi connectivity index (χ3n) is 2.38. The average Bonchev–Trinajstić information content (AvgIpc) is 2.68. The van der Waals surface area contributed by atoms with Crippen molar-refractivity contribution in [2.45, 2.75) is 13.0 Å². The molecule has 0 saturated heterocycles. The zero-order valence-corrected chi connectivity index (χ0v) is 8.67. The van der Waals surface area contributed by atoms with Crippen LogP contribution in [0.5, 0.6) is 0 Å². The molecule has 4 heteroatoms. The number of nitrogens with zero attached hydrogens (tertiary/aromatic N) is 3. The fourth-order valence-corrected chi connectivity index (χ4v) is 1.59. The Morgan fingerprint density at radius 3 is 2.60 bits per heavy atom. The normalized spacial score (nSPS) is 12.7. The zero-order valence-electron chi connectivity index (χ0n) is 8.67. The van der Waals surface area contributed by atoms with E-state index >= 15 is 0 Å². The summed E-state index contributed by atoms with van der Waals surface area (Å²) in [7, 11) is 0. The number of nitrogens with two attached hydrogens (primary N) is 1. The fourth-order valence-electron chi connectivity index (χ4n) is 1.59. The molecular formula is C11H14N4. The molecule has 4 nitrogen and oxygen atoms in total. The molecule has 0 amide bonds. The molecule has 2 rings (SSSR count). The van der Waals surface area contributed by atoms with Crippen molar-refractivity contribution in [3.63, 3.8) is 0 Å². The number of pyridine rings is 1. The van der Waals surface area contributed by atoms with E-state index in [1.165, 1.54) is 0 Å². The van der Waals surface area contributed by atoms with Crippen molar-refractivity contribution in [2.24, 2.45) is 5.73 Å². The summed E-state index contributed by atoms with van der Waals surface area (Å²) < 4.78 is 1.89. The van der Waals surface area contributed by atoms with Crippen molar-refractivity contribution in [3.8, 4) is 0 Å². The molecule has 78 valence electrons. The van der Waals surface area contributed by atoms with Gasteiger partial charge in [-0.1, -0.05) is 0 Å². The molecule has 0 aliphatic rings. The van der Waals surface area contributed by atoms with Crippen LogP contribution in [-0.2, 0) is 0 Å². The maximum Gasteiger partial charge on any atom is 0.0891 e. The summed E-state index contributed by atoms with van der Waals surface area (Å²) in [6.07, 6.45) is 5.50. The van der Waals surface area contributed by atoms with Crippen LogP contribution in [0.3, 0.4) is 0 Å². The van der Waals surface area contributed by atoms with Gasteiger partial charge in [-0.2, -0.15) is 5.10 Å². The predicted octanol–water partition coefficient (Wildman–Crippen LogP) is 1.13. The second kappa shape index (κ2) is 4.23. The molecule has 1 atom stereocenters. The standard InChI is InChI=1S/C11H14N4/c1-9-4-7-15(14-9)11(8-12)10-2-5-13-6-3-10/h2-7,11H,8,12H2,1H3. The monoisotopic (exact) mass is 202 g/mol. The summed E-state index contributed by atoms with van der Waals surface area (Å²) in [4.78, 5) is 3.99. The topological polar surface area (TPSA) is 56.7 Å². The van der Waals surface area contributed by atoms with Crippen LogP contribution in [0.1, 0.15) is 17.3 Å². The van der Waals surface area contributed by atoms with Crippen molar-refractivity contribution >= 4 is 0 Å². The first kappa shape index (κ1) is 9.86. The summed E-state index contributed by atoms with van der Waals surface area (Å²) in [5.74, 6) is 0. The Morgan fingerprint density at radius 1 is 1.33 bits per heavy atom. The Bertz CT molecular complexity index is 421. The van der Waals surface area contributed by atoms with Crippen LogP contribution in [0.15, 0.2) is 36.8 Å². The largest absolute Gasteiger partial charge is 0.328 e. The number of aryl methyl sites for hydroxylation is 1. The summed E-state index contributed by atoms with van der Waals surface area (Å²) in [5.41, 5.74) is 7.90. The molecule has 15 heavy (non-hydrogen) atoms. The van der Waals surface area contributed by atoms with Gasteiger partial charge >= 0.3 is 0 Å². The number of hydrogen-bond donors (Lipinski definition) is 1. The van der Waals surface area contributed by atoms with E-state index < -0.39 is 0 Å². The minimum Gasteiger partial charge on any atom is -0.328 e. The molecule has 2 N–H and O–H groups in total. The van der Waals surface area contributed by atoms with Crippen LogP contribution < -0.4 is 5.73 Å². The van der Waals surface area contributed by atoms with E-state index in [2.05, 4.69) is 10.1 Å². The van der Waals surface area contributed by atoms with E-state index in [0.717, 1.165) is 11.3 Å². The Balaban J connectivity index is 2.33. The lowest BCUT2D eigenvalue weighted by atomic mass is 10.1. The van der Waals surface area contributed by atoms with Gasteiger partial charge in [0.1, 0.15) is 0 Å². The average molecular weight is 202 g/mol. The minimum absolute atomic E-state index is 0.0988. The van der Waals surface area contributed by atoms with Crippen molar-refractivity contribution in [1.82, 2.24) is 14.8 Å². The number of hydrogen-bond acceptors (Lipinski definition) is 3. The molecular weight excluding hydrogens is 188 g/mol. The third-order valence-corrected chi connectivity index (χ3v) is 2.38. The zero-order chi connectivity index (χ0) is 10.7. The molecule has 2 aromatic rings. The van der Waals surface area contributed by atoms with Crippen molar-refractivity contribution in [1.29, 1.82) is 0 Å². The van der Waals surface area contributed by atoms with Gasteiger partial charge in [0.15, 0.2) is 0 Å². The van der Waals surface area contributed by atoms with E-state index in [-0.39, 0.29) is 6.04 Å². The van der Waals surface area contributed by atoms with Gasteiger partial charge in [0, 0.05) is 25.1 Å². The van der Waals surface area contributed by atoms with E-state index in [1.807, 2.05) is 36.0 Å². The smallest absolute Gasteiger partial charge is 0.0891 e. The van der Waals surface area contributed by atoms with Crippen LogP contribution in [0.2, 0.25) is 0 Å². The lowest BCUT2D eigenvalue weighted by Gasteiger charge is -2.15. The van der Waals surface area contributed by atoms with Gasteiger partial charge in [-0.05, 0) is 30.7 Å². The van der Waals surface area contributed by atoms with Crippen LogP contribution in [-0.4, -0.2) is 21.3 Å². The lowest BCUT2D eigenvalue weighted by Crippen LogP contribution is -2.21. The SMILES string of the molecule is Cc1ccn(C(CN)c2ccncc2)n1. The summed E-state index contributed by atoms with van der Waals surface area (Å²) in [6, 6.07) is 6.01. The van der Waals surface area contributed by atoms with Crippen LogP contribution in [0.4, 0.5) is 0 Å². The summed E-state index contributed by atoms with van der Waals surface area (Å²) >= 11 is 0. The Morgan fingerprint density at radius 2 is 2.07 bits per heavy atom. The first-order valence-electron chi connectivity index (χ1n) is 4.93. The first-order chi connectivity index (χ1) is 7.31. The molecule has 0 spiro atoms. The van der Waals surface area contributed by atoms with Crippen LogP contribution >= 0.6 is 0 Å². The van der Waals surface area contributed by atoms with E-state index in [9.17, 15) is 0 Å². The number of rotatable bonds is 3. The highest BCUT2D eigenvalue weighted by atomic mass is 15.3. The first-order valence-corrected chi connectivity index (χ1v) is 4.93. The molecule has 1 unspecified atom stereocenters. The highest BCUT2D eigenvalue weighted by molar-refractivity contribution is 5.16. The van der Waals surface area contributed by atoms with Crippen LogP contribution in [0, 0.1) is 6.92 Å². The van der Waals surface area contributed by atoms with Gasteiger partial charge in [0.05, 0.1) is 11.7 Å². The van der Waals surface area contributed by atoms with E-state index in [0.29, 0.717) is 6.54 Å². The van der Waals surface area contributed by atoms with Crippen molar-refractivity contribution < 1.29 is 0 Å².